The summed E-state index contributed by atoms with van der Waals surface area (Å²) in [5.41, 5.74) is -0.810. The van der Waals surface area contributed by atoms with Gasteiger partial charge in [0.25, 0.3) is 0 Å². The van der Waals surface area contributed by atoms with Crippen molar-refractivity contribution in [3.05, 3.63) is 0 Å². The highest BCUT2D eigenvalue weighted by molar-refractivity contribution is 5.78. The predicted octanol–water partition coefficient (Wildman–Crippen LogP) is 2.10. The minimum atomic E-state index is -0.810. The smallest absolute Gasteiger partial charge is 0.324 e. The Balaban J connectivity index is 2.54. The van der Waals surface area contributed by atoms with E-state index in [1.165, 1.54) is 32.1 Å². The Morgan fingerprint density at radius 3 is 2.28 bits per heavy atom. The minimum Gasteiger partial charge on any atom is -0.480 e. The quantitative estimate of drug-likeness (QED) is 0.764. The van der Waals surface area contributed by atoms with Gasteiger partial charge in [-0.25, -0.2) is 0 Å². The van der Waals surface area contributed by atoms with Crippen LogP contribution in [-0.2, 0) is 4.79 Å². The van der Waals surface area contributed by atoms with E-state index in [-0.39, 0.29) is 0 Å². The summed E-state index contributed by atoms with van der Waals surface area (Å²) in [6, 6.07) is 0. The summed E-state index contributed by atoms with van der Waals surface area (Å²) in [7, 11) is 0. The van der Waals surface area contributed by atoms with Crippen molar-refractivity contribution in [3.63, 3.8) is 0 Å². The first-order valence-electron chi connectivity index (χ1n) is 7.29. The van der Waals surface area contributed by atoms with Crippen LogP contribution in [0.3, 0.4) is 0 Å². The van der Waals surface area contributed by atoms with E-state index < -0.39 is 11.5 Å². The second-order valence-corrected chi connectivity index (χ2v) is 5.61. The molecule has 0 radical (unpaired) electrons. The van der Waals surface area contributed by atoms with E-state index in [0.29, 0.717) is 6.54 Å². The average Bonchev–Trinajstić information content (AvgIpc) is 2.30. The standard InChI is InChI=1S/C14H28N2O2/c1-3-9-15-14(2,13(17)18)12-16-10-7-5-4-6-8-11-16/h15H,3-12H2,1-2H3,(H,17,18). The zero-order chi connectivity index (χ0) is 13.4. The van der Waals surface area contributed by atoms with Crippen LogP contribution in [0.1, 0.15) is 52.4 Å². The summed E-state index contributed by atoms with van der Waals surface area (Å²) in [6.07, 6.45) is 7.25. The normalized spacial score (nSPS) is 21.9. The molecule has 1 saturated heterocycles. The number of carboxylic acids is 1. The van der Waals surface area contributed by atoms with E-state index in [0.717, 1.165) is 26.1 Å². The average molecular weight is 256 g/mol. The van der Waals surface area contributed by atoms with Gasteiger partial charge in [-0.05, 0) is 45.8 Å². The van der Waals surface area contributed by atoms with Gasteiger partial charge in [0.2, 0.25) is 0 Å². The Morgan fingerprint density at radius 2 is 1.78 bits per heavy atom. The number of likely N-dealkylation sites (tertiary alicyclic amines) is 1. The molecule has 0 aliphatic carbocycles. The van der Waals surface area contributed by atoms with Crippen molar-refractivity contribution in [3.8, 4) is 0 Å². The van der Waals surface area contributed by atoms with Crippen LogP contribution in [0.15, 0.2) is 0 Å². The molecule has 1 unspecified atom stereocenters. The van der Waals surface area contributed by atoms with Crippen molar-refractivity contribution >= 4 is 5.97 Å². The zero-order valence-corrected chi connectivity index (χ0v) is 11.9. The van der Waals surface area contributed by atoms with Gasteiger partial charge in [0.05, 0.1) is 0 Å². The molecular weight excluding hydrogens is 228 g/mol. The van der Waals surface area contributed by atoms with Gasteiger partial charge in [-0.2, -0.15) is 0 Å². The highest BCUT2D eigenvalue weighted by atomic mass is 16.4. The third-order valence-corrected chi connectivity index (χ3v) is 3.73. The molecule has 1 aliphatic heterocycles. The van der Waals surface area contributed by atoms with Crippen molar-refractivity contribution in [2.24, 2.45) is 0 Å². The predicted molar refractivity (Wildman–Crippen MR) is 73.9 cm³/mol. The molecule has 0 aromatic carbocycles. The number of nitrogens with one attached hydrogen (secondary N) is 1. The zero-order valence-electron chi connectivity index (χ0n) is 11.9. The molecular formula is C14H28N2O2. The van der Waals surface area contributed by atoms with Crippen LogP contribution >= 0.6 is 0 Å². The fraction of sp³-hybridized carbons (Fsp3) is 0.929. The Bertz CT molecular complexity index is 250. The van der Waals surface area contributed by atoms with Crippen molar-refractivity contribution in [1.82, 2.24) is 10.2 Å². The van der Waals surface area contributed by atoms with Gasteiger partial charge in [0.1, 0.15) is 5.54 Å². The Morgan fingerprint density at radius 1 is 1.22 bits per heavy atom. The highest BCUT2D eigenvalue weighted by Crippen LogP contribution is 2.14. The van der Waals surface area contributed by atoms with E-state index >= 15 is 0 Å². The molecule has 1 aliphatic rings. The maximum absolute atomic E-state index is 11.5. The summed E-state index contributed by atoms with van der Waals surface area (Å²) < 4.78 is 0. The lowest BCUT2D eigenvalue weighted by Crippen LogP contribution is -2.57. The molecule has 2 N–H and O–H groups in total. The molecule has 0 saturated carbocycles. The first kappa shape index (κ1) is 15.4. The number of carboxylic acid groups (broad SMARTS) is 1. The molecule has 0 aromatic heterocycles. The van der Waals surface area contributed by atoms with Gasteiger partial charge in [0, 0.05) is 6.54 Å². The summed E-state index contributed by atoms with van der Waals surface area (Å²) >= 11 is 0. The van der Waals surface area contributed by atoms with Gasteiger partial charge in [0.15, 0.2) is 0 Å². The van der Waals surface area contributed by atoms with Crippen LogP contribution in [0.4, 0.5) is 0 Å². The third-order valence-electron chi connectivity index (χ3n) is 3.73. The Kier molecular flexibility index (Phi) is 6.65. The van der Waals surface area contributed by atoms with Crippen LogP contribution < -0.4 is 5.32 Å². The molecule has 106 valence electrons. The third kappa shape index (κ3) is 4.94. The van der Waals surface area contributed by atoms with Gasteiger partial charge in [-0.3, -0.25) is 4.79 Å². The topological polar surface area (TPSA) is 52.6 Å². The second kappa shape index (κ2) is 7.74. The molecule has 0 aromatic rings. The number of nitrogens with zero attached hydrogens (tertiary/aromatic N) is 1. The fourth-order valence-electron chi connectivity index (χ4n) is 2.52. The molecule has 0 bridgehead atoms. The lowest BCUT2D eigenvalue weighted by atomic mass is 10.00. The van der Waals surface area contributed by atoms with Crippen molar-refractivity contribution < 1.29 is 9.90 Å². The second-order valence-electron chi connectivity index (χ2n) is 5.61. The van der Waals surface area contributed by atoms with Crippen LogP contribution in [0.2, 0.25) is 0 Å². The van der Waals surface area contributed by atoms with E-state index in [4.69, 9.17) is 0 Å². The first-order valence-corrected chi connectivity index (χ1v) is 7.29. The molecule has 1 rings (SSSR count). The highest BCUT2D eigenvalue weighted by Gasteiger charge is 2.34. The monoisotopic (exact) mass is 256 g/mol. The van der Waals surface area contributed by atoms with Crippen molar-refractivity contribution in [1.29, 1.82) is 0 Å². The molecule has 0 amide bonds. The molecule has 4 nitrogen and oxygen atoms in total. The summed E-state index contributed by atoms with van der Waals surface area (Å²) in [4.78, 5) is 13.8. The Labute approximate surface area is 111 Å². The molecule has 18 heavy (non-hydrogen) atoms. The van der Waals surface area contributed by atoms with Gasteiger partial charge in [-0.15, -0.1) is 0 Å². The van der Waals surface area contributed by atoms with Crippen LogP contribution in [0.25, 0.3) is 0 Å². The lowest BCUT2D eigenvalue weighted by Gasteiger charge is -2.34. The number of rotatable bonds is 6. The molecule has 1 heterocycles. The van der Waals surface area contributed by atoms with E-state index in [1.54, 1.807) is 0 Å². The maximum atomic E-state index is 11.5. The number of hydrogen-bond donors (Lipinski definition) is 2. The Hall–Kier alpha value is -0.610. The largest absolute Gasteiger partial charge is 0.480 e. The number of carbonyl (C=O) groups is 1. The maximum Gasteiger partial charge on any atom is 0.324 e. The fourth-order valence-corrected chi connectivity index (χ4v) is 2.52. The van der Waals surface area contributed by atoms with Crippen molar-refractivity contribution in [2.75, 3.05) is 26.2 Å². The molecule has 4 heteroatoms. The minimum absolute atomic E-state index is 0.613. The summed E-state index contributed by atoms with van der Waals surface area (Å²) in [6.45, 7) is 7.32. The van der Waals surface area contributed by atoms with Gasteiger partial charge >= 0.3 is 5.97 Å². The summed E-state index contributed by atoms with van der Waals surface area (Å²) in [5, 5.41) is 12.6. The van der Waals surface area contributed by atoms with E-state index in [9.17, 15) is 9.90 Å². The van der Waals surface area contributed by atoms with Crippen LogP contribution in [-0.4, -0.2) is 47.7 Å². The van der Waals surface area contributed by atoms with Gasteiger partial charge in [-0.1, -0.05) is 26.2 Å². The SMILES string of the molecule is CCCNC(C)(CN1CCCCCCC1)C(=O)O. The molecule has 1 atom stereocenters. The van der Waals surface area contributed by atoms with Crippen molar-refractivity contribution in [2.45, 2.75) is 57.9 Å². The molecule has 0 spiro atoms. The first-order chi connectivity index (χ1) is 8.58. The summed E-state index contributed by atoms with van der Waals surface area (Å²) in [5.74, 6) is -0.738. The molecule has 1 fully saturated rings. The van der Waals surface area contributed by atoms with E-state index in [2.05, 4.69) is 17.1 Å². The number of hydrogen-bond acceptors (Lipinski definition) is 3. The number of aliphatic carboxylic acids is 1. The lowest BCUT2D eigenvalue weighted by molar-refractivity contribution is -0.145. The van der Waals surface area contributed by atoms with Gasteiger partial charge < -0.3 is 15.3 Å². The van der Waals surface area contributed by atoms with Crippen LogP contribution in [0.5, 0.6) is 0 Å². The van der Waals surface area contributed by atoms with Crippen LogP contribution in [0, 0.1) is 0 Å². The van der Waals surface area contributed by atoms with E-state index in [1.807, 2.05) is 6.92 Å².